The molecule has 2 aliphatic rings. The molecule has 2 aromatic rings. The van der Waals surface area contributed by atoms with Crippen LogP contribution in [-0.4, -0.2) is 4.90 Å². The van der Waals surface area contributed by atoms with Gasteiger partial charge in [-0.05, 0) is 36.3 Å². The quantitative estimate of drug-likeness (QED) is 0.720. The Kier molecular flexibility index (Phi) is 4.59. The number of fused-ring (bicyclic) bond motifs is 1. The van der Waals surface area contributed by atoms with E-state index in [1.54, 1.807) is 0 Å². The lowest BCUT2D eigenvalue weighted by atomic mass is 9.93. The van der Waals surface area contributed by atoms with Crippen molar-refractivity contribution in [1.82, 2.24) is 10.2 Å². The molecule has 0 fully saturated rings. The van der Waals surface area contributed by atoms with Crippen molar-refractivity contribution >= 4 is 5.70 Å². The summed E-state index contributed by atoms with van der Waals surface area (Å²) in [6.07, 6.45) is 3.48. The van der Waals surface area contributed by atoms with Crippen LogP contribution in [0.4, 0.5) is 13.2 Å². The Balaban J connectivity index is 1.79. The summed E-state index contributed by atoms with van der Waals surface area (Å²) in [5.74, 6) is 0. The van der Waals surface area contributed by atoms with Crippen molar-refractivity contribution in [3.05, 3.63) is 113 Å². The molecule has 2 nitrogen and oxygen atoms in total. The third-order valence-electron chi connectivity index (χ3n) is 4.84. The van der Waals surface area contributed by atoms with Gasteiger partial charge in [-0.1, -0.05) is 48.5 Å². The lowest BCUT2D eigenvalue weighted by Gasteiger charge is -2.34. The van der Waals surface area contributed by atoms with Crippen molar-refractivity contribution in [3.63, 3.8) is 0 Å². The molecule has 0 aromatic heterocycles. The molecule has 2 aromatic carbocycles. The first-order valence-electron chi connectivity index (χ1n) is 8.98. The Hall–Kier alpha value is -3.21. The molecule has 2 aliphatic heterocycles. The second-order valence-corrected chi connectivity index (χ2v) is 6.81. The predicted octanol–water partition coefficient (Wildman–Crippen LogP) is 5.84. The number of benzene rings is 2. The minimum Gasteiger partial charge on any atom is -0.359 e. The van der Waals surface area contributed by atoms with Gasteiger partial charge < -0.3 is 10.2 Å². The van der Waals surface area contributed by atoms with Gasteiger partial charge in [0, 0.05) is 30.1 Å². The first-order valence-corrected chi connectivity index (χ1v) is 8.98. The van der Waals surface area contributed by atoms with E-state index in [4.69, 9.17) is 0 Å². The summed E-state index contributed by atoms with van der Waals surface area (Å²) in [6.45, 7) is 2.66. The van der Waals surface area contributed by atoms with Crippen molar-refractivity contribution < 1.29 is 13.2 Å². The van der Waals surface area contributed by atoms with E-state index in [2.05, 4.69) is 16.4 Å². The van der Waals surface area contributed by atoms with Crippen LogP contribution in [0.3, 0.4) is 0 Å². The molecule has 2 heterocycles. The van der Waals surface area contributed by atoms with Crippen LogP contribution in [0.25, 0.3) is 5.70 Å². The van der Waals surface area contributed by atoms with Crippen molar-refractivity contribution in [2.45, 2.75) is 19.6 Å². The molecular formula is C23H19F3N2. The van der Waals surface area contributed by atoms with Crippen molar-refractivity contribution in [2.24, 2.45) is 0 Å². The first kappa shape index (κ1) is 18.2. The fourth-order valence-corrected chi connectivity index (χ4v) is 3.50. The van der Waals surface area contributed by atoms with Crippen LogP contribution >= 0.6 is 0 Å². The third-order valence-corrected chi connectivity index (χ3v) is 4.84. The summed E-state index contributed by atoms with van der Waals surface area (Å²) in [6, 6.07) is 15.3. The molecular weight excluding hydrogens is 361 g/mol. The smallest absolute Gasteiger partial charge is 0.359 e. The van der Waals surface area contributed by atoms with Gasteiger partial charge >= 0.3 is 6.18 Å². The van der Waals surface area contributed by atoms with Gasteiger partial charge in [-0.25, -0.2) is 0 Å². The number of nitrogens with zero attached hydrogens (tertiary/aromatic N) is 1. The van der Waals surface area contributed by atoms with E-state index in [9.17, 15) is 13.2 Å². The molecule has 0 saturated heterocycles. The average Bonchev–Trinajstić information content (AvgIpc) is 2.69. The monoisotopic (exact) mass is 380 g/mol. The number of rotatable bonds is 3. The Morgan fingerprint density at radius 3 is 2.36 bits per heavy atom. The molecule has 0 unspecified atom stereocenters. The van der Waals surface area contributed by atoms with Crippen molar-refractivity contribution in [2.75, 3.05) is 0 Å². The predicted molar refractivity (Wildman–Crippen MR) is 104 cm³/mol. The Morgan fingerprint density at radius 2 is 1.68 bits per heavy atom. The van der Waals surface area contributed by atoms with Crippen LogP contribution in [0.2, 0.25) is 0 Å². The minimum absolute atomic E-state index is 0.622. The standard InChI is InChI=1S/C23H19F3N2/c1-16-14-28(15-17-6-3-2-4-7-17)22(21-20(16)8-5-13-27-21)18-9-11-19(12-10-18)23(24,25)26/h2-14,27H,15H2,1H3. The van der Waals surface area contributed by atoms with Gasteiger partial charge in [-0.2, -0.15) is 13.2 Å². The second kappa shape index (κ2) is 7.08. The molecule has 1 N–H and O–H groups in total. The highest BCUT2D eigenvalue weighted by Gasteiger charge is 2.31. The van der Waals surface area contributed by atoms with E-state index < -0.39 is 11.7 Å². The van der Waals surface area contributed by atoms with Gasteiger partial charge in [-0.3, -0.25) is 0 Å². The summed E-state index contributed by atoms with van der Waals surface area (Å²) in [4.78, 5) is 2.09. The van der Waals surface area contributed by atoms with Gasteiger partial charge in [0.25, 0.3) is 0 Å². The SMILES string of the molecule is CC1=CN(Cc2ccccc2)C(c2ccc(C(F)(F)F)cc2)=C2NC=CC=C12. The van der Waals surface area contributed by atoms with Gasteiger partial charge in [0.1, 0.15) is 0 Å². The topological polar surface area (TPSA) is 15.3 Å². The van der Waals surface area contributed by atoms with Crippen LogP contribution in [0, 0.1) is 0 Å². The maximum absolute atomic E-state index is 13.0. The zero-order chi connectivity index (χ0) is 19.7. The van der Waals surface area contributed by atoms with Gasteiger partial charge in [0.05, 0.1) is 17.0 Å². The van der Waals surface area contributed by atoms with E-state index in [0.717, 1.165) is 45.8 Å². The molecule has 0 amide bonds. The summed E-state index contributed by atoms with van der Waals surface area (Å²) >= 11 is 0. The molecule has 0 saturated carbocycles. The average molecular weight is 380 g/mol. The summed E-state index contributed by atoms with van der Waals surface area (Å²) in [5.41, 5.74) is 5.11. The van der Waals surface area contributed by atoms with E-state index in [-0.39, 0.29) is 0 Å². The normalized spacial score (nSPS) is 16.4. The highest BCUT2D eigenvalue weighted by atomic mass is 19.4. The number of hydrogen-bond acceptors (Lipinski definition) is 2. The summed E-state index contributed by atoms with van der Waals surface area (Å²) in [7, 11) is 0. The largest absolute Gasteiger partial charge is 0.416 e. The van der Waals surface area contributed by atoms with Crippen LogP contribution in [0.5, 0.6) is 0 Å². The number of hydrogen-bond donors (Lipinski definition) is 1. The van der Waals surface area contributed by atoms with E-state index >= 15 is 0 Å². The zero-order valence-electron chi connectivity index (χ0n) is 15.3. The van der Waals surface area contributed by atoms with Crippen LogP contribution in [-0.2, 0) is 12.7 Å². The number of dihydropyridines is 1. The molecule has 0 radical (unpaired) electrons. The van der Waals surface area contributed by atoms with E-state index in [1.807, 2.05) is 55.6 Å². The minimum atomic E-state index is -4.35. The van der Waals surface area contributed by atoms with Gasteiger partial charge in [0.2, 0.25) is 0 Å². The maximum Gasteiger partial charge on any atom is 0.416 e. The maximum atomic E-state index is 13.0. The molecule has 142 valence electrons. The number of nitrogens with one attached hydrogen (secondary N) is 1. The Labute approximate surface area is 162 Å². The van der Waals surface area contributed by atoms with E-state index in [0.29, 0.717) is 6.54 Å². The summed E-state index contributed by atoms with van der Waals surface area (Å²) < 4.78 is 39.0. The molecule has 0 spiro atoms. The van der Waals surface area contributed by atoms with Gasteiger partial charge in [-0.15, -0.1) is 0 Å². The second-order valence-electron chi connectivity index (χ2n) is 6.81. The summed E-state index contributed by atoms with van der Waals surface area (Å²) in [5, 5.41) is 3.29. The number of alkyl halides is 3. The number of halogens is 3. The van der Waals surface area contributed by atoms with Crippen molar-refractivity contribution in [1.29, 1.82) is 0 Å². The fourth-order valence-electron chi connectivity index (χ4n) is 3.50. The fraction of sp³-hybridized carbons (Fsp3) is 0.130. The molecule has 0 atom stereocenters. The van der Waals surface area contributed by atoms with Crippen LogP contribution in [0.15, 0.2) is 96.0 Å². The molecule has 0 aliphatic carbocycles. The number of allylic oxidation sites excluding steroid dienone is 3. The lowest BCUT2D eigenvalue weighted by Crippen LogP contribution is -2.27. The Morgan fingerprint density at radius 1 is 0.964 bits per heavy atom. The third kappa shape index (κ3) is 3.48. The zero-order valence-corrected chi connectivity index (χ0v) is 15.3. The highest BCUT2D eigenvalue weighted by Crippen LogP contribution is 2.38. The first-order chi connectivity index (χ1) is 13.4. The molecule has 5 heteroatoms. The highest BCUT2D eigenvalue weighted by molar-refractivity contribution is 5.77. The molecule has 4 rings (SSSR count). The lowest BCUT2D eigenvalue weighted by molar-refractivity contribution is -0.137. The van der Waals surface area contributed by atoms with Crippen molar-refractivity contribution in [3.8, 4) is 0 Å². The van der Waals surface area contributed by atoms with E-state index in [1.165, 1.54) is 12.1 Å². The molecule has 28 heavy (non-hydrogen) atoms. The van der Waals surface area contributed by atoms with Gasteiger partial charge in [0.15, 0.2) is 0 Å². The molecule has 0 bridgehead atoms. The van der Waals surface area contributed by atoms with Crippen LogP contribution in [0.1, 0.15) is 23.6 Å². The Bertz CT molecular complexity index is 994. The van der Waals surface area contributed by atoms with Crippen LogP contribution < -0.4 is 5.32 Å².